The maximum absolute atomic E-state index is 12.0. The highest BCUT2D eigenvalue weighted by molar-refractivity contribution is 7.15. The minimum Gasteiger partial charge on any atom is -0.487 e. The van der Waals surface area contributed by atoms with Gasteiger partial charge in [-0.3, -0.25) is 10.1 Å². The van der Waals surface area contributed by atoms with Crippen molar-refractivity contribution in [2.45, 2.75) is 32.3 Å². The molecule has 0 spiro atoms. The number of hydrogen-bond donors (Lipinski definition) is 1. The van der Waals surface area contributed by atoms with E-state index in [9.17, 15) is 4.79 Å². The van der Waals surface area contributed by atoms with Gasteiger partial charge in [0.05, 0.1) is 10.7 Å². The van der Waals surface area contributed by atoms with Crippen LogP contribution in [0.3, 0.4) is 0 Å². The number of benzene rings is 1. The van der Waals surface area contributed by atoms with Crippen LogP contribution < -0.4 is 10.1 Å². The molecule has 0 saturated heterocycles. The molecule has 0 unspecified atom stereocenters. The van der Waals surface area contributed by atoms with E-state index in [1.165, 1.54) is 30.3 Å². The van der Waals surface area contributed by atoms with Crippen LogP contribution in [0.1, 0.15) is 40.0 Å². The monoisotopic (exact) mass is 398 g/mol. The Morgan fingerprint density at radius 1 is 1.30 bits per heavy atom. The molecule has 1 fully saturated rings. The highest BCUT2D eigenvalue weighted by Gasteiger charge is 2.27. The van der Waals surface area contributed by atoms with Crippen LogP contribution in [0, 0.1) is 6.92 Å². The van der Waals surface area contributed by atoms with Gasteiger partial charge in [-0.25, -0.2) is 4.98 Å². The van der Waals surface area contributed by atoms with Crippen LogP contribution in [0.4, 0.5) is 5.13 Å². The number of hydrogen-bond acceptors (Lipinski definition) is 7. The SMILES string of the molecule is Cc1nc(COc2ccc(/C=C/C(=O)Nc3nnc(C4CC4)s3)cc2)cs1. The molecular weight excluding hydrogens is 380 g/mol. The fourth-order valence-corrected chi connectivity index (χ4v) is 3.92. The molecule has 8 heteroatoms. The average Bonchev–Trinajstić information content (AvgIpc) is 3.28. The summed E-state index contributed by atoms with van der Waals surface area (Å²) in [4.78, 5) is 16.4. The lowest BCUT2D eigenvalue weighted by molar-refractivity contribution is -0.111. The Morgan fingerprint density at radius 3 is 2.81 bits per heavy atom. The van der Waals surface area contributed by atoms with Crippen molar-refractivity contribution in [3.8, 4) is 5.75 Å². The number of nitrogens with one attached hydrogen (secondary N) is 1. The van der Waals surface area contributed by atoms with Gasteiger partial charge in [-0.05, 0) is 43.5 Å². The van der Waals surface area contributed by atoms with Crippen LogP contribution in [0.25, 0.3) is 6.08 Å². The minimum atomic E-state index is -0.215. The number of carbonyl (C=O) groups excluding carboxylic acids is 1. The Kier molecular flexibility index (Phi) is 5.26. The first-order valence-electron chi connectivity index (χ1n) is 8.62. The van der Waals surface area contributed by atoms with Crippen LogP contribution in [0.2, 0.25) is 0 Å². The van der Waals surface area contributed by atoms with Gasteiger partial charge in [0.1, 0.15) is 17.4 Å². The van der Waals surface area contributed by atoms with Gasteiger partial charge in [0.2, 0.25) is 11.0 Å². The van der Waals surface area contributed by atoms with Gasteiger partial charge in [-0.15, -0.1) is 21.5 Å². The summed E-state index contributed by atoms with van der Waals surface area (Å²) >= 11 is 3.06. The predicted molar refractivity (Wildman–Crippen MR) is 107 cm³/mol. The van der Waals surface area contributed by atoms with Gasteiger partial charge < -0.3 is 4.74 Å². The quantitative estimate of drug-likeness (QED) is 0.597. The van der Waals surface area contributed by atoms with E-state index in [0.29, 0.717) is 17.7 Å². The molecule has 1 N–H and O–H groups in total. The molecule has 3 aromatic rings. The molecule has 1 aromatic carbocycles. The lowest BCUT2D eigenvalue weighted by Gasteiger charge is -2.04. The Bertz CT molecular complexity index is 958. The molecule has 6 nitrogen and oxygen atoms in total. The standard InChI is InChI=1S/C19H18N4O2S2/c1-12-20-15(11-26-12)10-25-16-7-2-13(3-8-16)4-9-17(24)21-19-23-22-18(27-19)14-5-6-14/h2-4,7-9,11,14H,5-6,10H2,1H3,(H,21,23,24)/b9-4+. The van der Waals surface area contributed by atoms with Crippen LogP contribution in [-0.2, 0) is 11.4 Å². The van der Waals surface area contributed by atoms with Crippen molar-refractivity contribution in [1.82, 2.24) is 15.2 Å². The van der Waals surface area contributed by atoms with Crippen molar-refractivity contribution in [1.29, 1.82) is 0 Å². The summed E-state index contributed by atoms with van der Waals surface area (Å²) in [5.74, 6) is 1.10. The summed E-state index contributed by atoms with van der Waals surface area (Å²) in [6.07, 6.45) is 5.59. The second kappa shape index (κ2) is 7.98. The van der Waals surface area contributed by atoms with E-state index in [1.54, 1.807) is 17.4 Å². The maximum Gasteiger partial charge on any atom is 0.250 e. The number of nitrogens with zero attached hydrogens (tertiary/aromatic N) is 3. The summed E-state index contributed by atoms with van der Waals surface area (Å²) in [5.41, 5.74) is 1.84. The molecule has 4 rings (SSSR count). The van der Waals surface area contributed by atoms with Crippen molar-refractivity contribution >= 4 is 39.8 Å². The molecule has 1 amide bonds. The van der Waals surface area contributed by atoms with Crippen LogP contribution in [0.15, 0.2) is 35.7 Å². The summed E-state index contributed by atoms with van der Waals surface area (Å²) in [6.45, 7) is 2.43. The van der Waals surface area contributed by atoms with Crippen molar-refractivity contribution in [2.24, 2.45) is 0 Å². The Hall–Kier alpha value is -2.58. The summed E-state index contributed by atoms with van der Waals surface area (Å²) in [6, 6.07) is 7.57. The molecule has 0 radical (unpaired) electrons. The lowest BCUT2D eigenvalue weighted by atomic mass is 10.2. The third kappa shape index (κ3) is 4.99. The van der Waals surface area contributed by atoms with E-state index in [1.807, 2.05) is 36.6 Å². The Balaban J connectivity index is 1.28. The summed E-state index contributed by atoms with van der Waals surface area (Å²) in [5, 5.41) is 15.5. The summed E-state index contributed by atoms with van der Waals surface area (Å²) < 4.78 is 5.72. The number of aryl methyl sites for hydroxylation is 1. The number of amides is 1. The van der Waals surface area contributed by atoms with E-state index in [2.05, 4.69) is 20.5 Å². The second-order valence-electron chi connectivity index (χ2n) is 6.26. The van der Waals surface area contributed by atoms with Crippen molar-refractivity contribution in [2.75, 3.05) is 5.32 Å². The maximum atomic E-state index is 12.0. The number of carbonyl (C=O) groups is 1. The van der Waals surface area contributed by atoms with Crippen molar-refractivity contribution < 1.29 is 9.53 Å². The molecule has 1 aliphatic carbocycles. The largest absolute Gasteiger partial charge is 0.487 e. The van der Waals surface area contributed by atoms with Gasteiger partial charge in [-0.1, -0.05) is 23.5 Å². The van der Waals surface area contributed by atoms with Gasteiger partial charge in [0.15, 0.2) is 0 Å². The molecule has 1 aliphatic rings. The zero-order chi connectivity index (χ0) is 18.6. The highest BCUT2D eigenvalue weighted by Crippen LogP contribution is 2.42. The number of aromatic nitrogens is 3. The third-order valence-electron chi connectivity index (χ3n) is 3.96. The average molecular weight is 399 g/mol. The van der Waals surface area contributed by atoms with Gasteiger partial charge in [0, 0.05) is 17.4 Å². The number of thiazole rings is 1. The summed E-state index contributed by atoms with van der Waals surface area (Å²) in [7, 11) is 0. The molecule has 138 valence electrons. The fourth-order valence-electron chi connectivity index (χ4n) is 2.41. The normalized spacial score (nSPS) is 13.8. The molecule has 0 aliphatic heterocycles. The first-order chi connectivity index (χ1) is 13.2. The van der Waals surface area contributed by atoms with Crippen LogP contribution in [0.5, 0.6) is 5.75 Å². The van der Waals surface area contributed by atoms with Crippen molar-refractivity contribution in [3.63, 3.8) is 0 Å². The zero-order valence-corrected chi connectivity index (χ0v) is 16.3. The second-order valence-corrected chi connectivity index (χ2v) is 8.33. The molecule has 2 aromatic heterocycles. The highest BCUT2D eigenvalue weighted by atomic mass is 32.1. The first-order valence-corrected chi connectivity index (χ1v) is 10.3. The lowest BCUT2D eigenvalue weighted by Crippen LogP contribution is -2.07. The zero-order valence-electron chi connectivity index (χ0n) is 14.7. The topological polar surface area (TPSA) is 77.0 Å². The minimum absolute atomic E-state index is 0.215. The number of anilines is 1. The van der Waals surface area contributed by atoms with Gasteiger partial charge >= 0.3 is 0 Å². The molecule has 0 bridgehead atoms. The first kappa shape index (κ1) is 17.8. The molecule has 1 saturated carbocycles. The smallest absolute Gasteiger partial charge is 0.250 e. The van der Waals surface area contributed by atoms with E-state index >= 15 is 0 Å². The number of rotatable bonds is 7. The fraction of sp³-hybridized carbons (Fsp3) is 0.263. The van der Waals surface area contributed by atoms with Crippen LogP contribution >= 0.6 is 22.7 Å². The van der Waals surface area contributed by atoms with E-state index < -0.39 is 0 Å². The molecule has 27 heavy (non-hydrogen) atoms. The Labute approximate surface area is 165 Å². The van der Waals surface area contributed by atoms with E-state index in [0.717, 1.165) is 27.0 Å². The predicted octanol–water partition coefficient (Wildman–Crippen LogP) is 4.41. The van der Waals surface area contributed by atoms with E-state index in [-0.39, 0.29) is 5.91 Å². The molecular formula is C19H18N4O2S2. The van der Waals surface area contributed by atoms with Crippen molar-refractivity contribution in [3.05, 3.63) is 57.0 Å². The number of ether oxygens (including phenoxy) is 1. The Morgan fingerprint density at radius 2 is 2.11 bits per heavy atom. The van der Waals surface area contributed by atoms with Gasteiger partial charge in [-0.2, -0.15) is 0 Å². The van der Waals surface area contributed by atoms with Crippen LogP contribution in [-0.4, -0.2) is 21.1 Å². The third-order valence-corrected chi connectivity index (χ3v) is 5.78. The van der Waals surface area contributed by atoms with Gasteiger partial charge in [0.25, 0.3) is 0 Å². The van der Waals surface area contributed by atoms with E-state index in [4.69, 9.17) is 4.74 Å². The molecule has 0 atom stereocenters. The molecule has 2 heterocycles.